The van der Waals surface area contributed by atoms with Crippen molar-refractivity contribution in [1.29, 1.82) is 0 Å². The normalized spacial score (nSPS) is 19.8. The molecule has 1 aliphatic heterocycles. The van der Waals surface area contributed by atoms with Crippen LogP contribution in [-0.4, -0.2) is 42.2 Å². The standard InChI is InChI=1S/C15H18ClN3O2/c16-12-3-1-11(2-4-12)14-8-18-15(21-14)10-19-5-6-20-13(7-17)9-19/h1-4,8,13H,5-7,9-10,17H2. The summed E-state index contributed by atoms with van der Waals surface area (Å²) in [5.41, 5.74) is 6.62. The topological polar surface area (TPSA) is 64.5 Å². The first-order valence-corrected chi connectivity index (χ1v) is 7.37. The summed E-state index contributed by atoms with van der Waals surface area (Å²) >= 11 is 5.89. The van der Waals surface area contributed by atoms with Crippen molar-refractivity contribution in [3.63, 3.8) is 0 Å². The first-order chi connectivity index (χ1) is 10.2. The lowest BCUT2D eigenvalue weighted by molar-refractivity contribution is -0.0283. The second-order valence-electron chi connectivity index (χ2n) is 5.09. The van der Waals surface area contributed by atoms with Gasteiger partial charge in [-0.05, 0) is 24.3 Å². The molecule has 0 amide bonds. The minimum Gasteiger partial charge on any atom is -0.439 e. The number of hydrogen-bond acceptors (Lipinski definition) is 5. The van der Waals surface area contributed by atoms with Crippen LogP contribution < -0.4 is 5.73 Å². The molecule has 1 unspecified atom stereocenters. The number of ether oxygens (including phenoxy) is 1. The molecule has 6 heteroatoms. The van der Waals surface area contributed by atoms with Crippen LogP contribution >= 0.6 is 11.6 Å². The third-order valence-corrected chi connectivity index (χ3v) is 3.78. The fraction of sp³-hybridized carbons (Fsp3) is 0.400. The zero-order chi connectivity index (χ0) is 14.7. The molecule has 0 bridgehead atoms. The summed E-state index contributed by atoms with van der Waals surface area (Å²) in [6.45, 7) is 3.60. The van der Waals surface area contributed by atoms with Crippen LogP contribution in [0.3, 0.4) is 0 Å². The Bertz CT molecular complexity index is 585. The molecule has 1 aliphatic rings. The Morgan fingerprint density at radius 2 is 2.14 bits per heavy atom. The van der Waals surface area contributed by atoms with E-state index in [1.807, 2.05) is 24.3 Å². The highest BCUT2D eigenvalue weighted by Crippen LogP contribution is 2.23. The fourth-order valence-corrected chi connectivity index (χ4v) is 2.51. The van der Waals surface area contributed by atoms with Crippen LogP contribution in [0.4, 0.5) is 0 Å². The summed E-state index contributed by atoms with van der Waals surface area (Å²) in [4.78, 5) is 6.60. The van der Waals surface area contributed by atoms with Crippen LogP contribution in [0.15, 0.2) is 34.9 Å². The van der Waals surface area contributed by atoms with Gasteiger partial charge in [0.1, 0.15) is 0 Å². The Kier molecular flexibility index (Phi) is 4.55. The molecular weight excluding hydrogens is 290 g/mol. The van der Waals surface area contributed by atoms with Crippen molar-refractivity contribution in [2.24, 2.45) is 5.73 Å². The summed E-state index contributed by atoms with van der Waals surface area (Å²) in [5.74, 6) is 1.46. The number of rotatable bonds is 4. The highest BCUT2D eigenvalue weighted by molar-refractivity contribution is 6.30. The Morgan fingerprint density at radius 3 is 2.90 bits per heavy atom. The summed E-state index contributed by atoms with van der Waals surface area (Å²) in [6.07, 6.45) is 1.85. The molecule has 2 N–H and O–H groups in total. The number of halogens is 1. The highest BCUT2D eigenvalue weighted by atomic mass is 35.5. The fourth-order valence-electron chi connectivity index (χ4n) is 2.39. The van der Waals surface area contributed by atoms with Gasteiger partial charge in [-0.2, -0.15) is 0 Å². The van der Waals surface area contributed by atoms with Crippen molar-refractivity contribution in [3.8, 4) is 11.3 Å². The van der Waals surface area contributed by atoms with E-state index in [0.717, 1.165) is 24.4 Å². The van der Waals surface area contributed by atoms with E-state index in [1.165, 1.54) is 0 Å². The minimum atomic E-state index is 0.101. The number of nitrogens with two attached hydrogens (primary N) is 1. The van der Waals surface area contributed by atoms with Crippen LogP contribution in [0.5, 0.6) is 0 Å². The van der Waals surface area contributed by atoms with Gasteiger partial charge in [0.2, 0.25) is 5.89 Å². The molecule has 112 valence electrons. The molecule has 21 heavy (non-hydrogen) atoms. The molecule has 3 rings (SSSR count). The molecule has 1 atom stereocenters. The smallest absolute Gasteiger partial charge is 0.209 e. The third kappa shape index (κ3) is 3.63. The van der Waals surface area contributed by atoms with Crippen molar-refractivity contribution in [2.75, 3.05) is 26.2 Å². The Hall–Kier alpha value is -1.40. The monoisotopic (exact) mass is 307 g/mol. The molecule has 0 saturated carbocycles. The number of hydrogen-bond donors (Lipinski definition) is 1. The zero-order valence-electron chi connectivity index (χ0n) is 11.7. The van der Waals surface area contributed by atoms with E-state index in [0.29, 0.717) is 30.6 Å². The van der Waals surface area contributed by atoms with Crippen molar-refractivity contribution in [2.45, 2.75) is 12.6 Å². The second kappa shape index (κ2) is 6.58. The van der Waals surface area contributed by atoms with E-state index in [1.54, 1.807) is 6.20 Å². The summed E-state index contributed by atoms with van der Waals surface area (Å²) < 4.78 is 11.4. The van der Waals surface area contributed by atoms with Gasteiger partial charge in [0.25, 0.3) is 0 Å². The lowest BCUT2D eigenvalue weighted by atomic mass is 10.2. The highest BCUT2D eigenvalue weighted by Gasteiger charge is 2.20. The van der Waals surface area contributed by atoms with Crippen LogP contribution in [0.1, 0.15) is 5.89 Å². The zero-order valence-corrected chi connectivity index (χ0v) is 12.4. The molecule has 5 nitrogen and oxygen atoms in total. The van der Waals surface area contributed by atoms with Crippen molar-refractivity contribution >= 4 is 11.6 Å². The van der Waals surface area contributed by atoms with Crippen LogP contribution in [0.25, 0.3) is 11.3 Å². The first-order valence-electron chi connectivity index (χ1n) is 6.99. The van der Waals surface area contributed by atoms with Gasteiger partial charge < -0.3 is 14.9 Å². The lowest BCUT2D eigenvalue weighted by Gasteiger charge is -2.31. The Labute approximate surface area is 128 Å². The van der Waals surface area contributed by atoms with Gasteiger partial charge in [-0.15, -0.1) is 0 Å². The van der Waals surface area contributed by atoms with Gasteiger partial charge in [0.05, 0.1) is 25.5 Å². The Balaban J connectivity index is 1.66. The molecule has 2 aromatic rings. The van der Waals surface area contributed by atoms with Gasteiger partial charge in [-0.25, -0.2) is 4.98 Å². The van der Waals surface area contributed by atoms with Crippen LogP contribution in [-0.2, 0) is 11.3 Å². The predicted molar refractivity (Wildman–Crippen MR) is 81.0 cm³/mol. The quantitative estimate of drug-likeness (QED) is 0.937. The summed E-state index contributed by atoms with van der Waals surface area (Å²) in [5, 5.41) is 0.708. The summed E-state index contributed by atoms with van der Waals surface area (Å²) in [6, 6.07) is 7.53. The molecule has 1 aromatic heterocycles. The van der Waals surface area contributed by atoms with Gasteiger partial charge in [-0.3, -0.25) is 4.90 Å². The molecule has 1 fully saturated rings. The van der Waals surface area contributed by atoms with Gasteiger partial charge in [-0.1, -0.05) is 11.6 Å². The van der Waals surface area contributed by atoms with Gasteiger partial charge in [0, 0.05) is 30.2 Å². The van der Waals surface area contributed by atoms with E-state index in [-0.39, 0.29) is 6.10 Å². The molecule has 1 saturated heterocycles. The predicted octanol–water partition coefficient (Wildman–Crippen LogP) is 2.15. The van der Waals surface area contributed by atoms with E-state index >= 15 is 0 Å². The second-order valence-corrected chi connectivity index (χ2v) is 5.53. The van der Waals surface area contributed by atoms with Gasteiger partial charge >= 0.3 is 0 Å². The van der Waals surface area contributed by atoms with E-state index in [9.17, 15) is 0 Å². The maximum atomic E-state index is 5.89. The van der Waals surface area contributed by atoms with E-state index in [4.69, 9.17) is 26.5 Å². The van der Waals surface area contributed by atoms with Gasteiger partial charge in [0.15, 0.2) is 5.76 Å². The number of benzene rings is 1. The molecule has 0 aliphatic carbocycles. The van der Waals surface area contributed by atoms with Crippen LogP contribution in [0.2, 0.25) is 5.02 Å². The van der Waals surface area contributed by atoms with Crippen molar-refractivity contribution < 1.29 is 9.15 Å². The largest absolute Gasteiger partial charge is 0.439 e. The van der Waals surface area contributed by atoms with Crippen molar-refractivity contribution in [3.05, 3.63) is 41.4 Å². The minimum absolute atomic E-state index is 0.101. The first kappa shape index (κ1) is 14.5. The third-order valence-electron chi connectivity index (χ3n) is 3.53. The number of aromatic nitrogens is 1. The number of oxazole rings is 1. The van der Waals surface area contributed by atoms with Crippen LogP contribution in [0, 0.1) is 0 Å². The average Bonchev–Trinajstić information content (AvgIpc) is 2.96. The van der Waals surface area contributed by atoms with Crippen molar-refractivity contribution in [1.82, 2.24) is 9.88 Å². The molecule has 0 spiro atoms. The molecular formula is C15H18ClN3O2. The maximum absolute atomic E-state index is 5.89. The SMILES string of the molecule is NCC1CN(Cc2ncc(-c3ccc(Cl)cc3)o2)CCO1. The summed E-state index contributed by atoms with van der Waals surface area (Å²) in [7, 11) is 0. The van der Waals surface area contributed by atoms with E-state index < -0.39 is 0 Å². The lowest BCUT2D eigenvalue weighted by Crippen LogP contribution is -2.45. The average molecular weight is 308 g/mol. The number of morpholine rings is 1. The molecule has 0 radical (unpaired) electrons. The Morgan fingerprint density at radius 1 is 1.33 bits per heavy atom. The molecule has 2 heterocycles. The number of nitrogens with zero attached hydrogens (tertiary/aromatic N) is 2. The maximum Gasteiger partial charge on any atom is 0.209 e. The molecule has 1 aromatic carbocycles. The van der Waals surface area contributed by atoms with E-state index in [2.05, 4.69) is 9.88 Å².